The molecule has 1 amide bonds. The lowest BCUT2D eigenvalue weighted by molar-refractivity contribution is -0.137. The summed E-state index contributed by atoms with van der Waals surface area (Å²) in [5, 5.41) is 7.68. The van der Waals surface area contributed by atoms with Crippen LogP contribution in [0.5, 0.6) is 0 Å². The number of nitrogens with zero attached hydrogens (tertiary/aromatic N) is 4. The van der Waals surface area contributed by atoms with Crippen LogP contribution in [0, 0.1) is 11.3 Å². The van der Waals surface area contributed by atoms with E-state index in [1.165, 1.54) is 12.0 Å². The fraction of sp³-hybridized carbons (Fsp3) is 0.789. The van der Waals surface area contributed by atoms with Gasteiger partial charge in [-0.3, -0.25) is 14.4 Å². The molecule has 1 aromatic rings. The molecule has 2 aliphatic heterocycles. The van der Waals surface area contributed by atoms with Gasteiger partial charge in [0.15, 0.2) is 0 Å². The van der Waals surface area contributed by atoms with Crippen LogP contribution in [0.4, 0.5) is 0 Å². The molecule has 0 unspecified atom stereocenters. The van der Waals surface area contributed by atoms with Crippen LogP contribution in [-0.2, 0) is 11.8 Å². The van der Waals surface area contributed by atoms with Crippen LogP contribution in [-0.4, -0.2) is 71.3 Å². The highest BCUT2D eigenvalue weighted by molar-refractivity contribution is 5.80. The number of aromatic nitrogens is 2. The van der Waals surface area contributed by atoms with E-state index in [1.807, 2.05) is 24.1 Å². The molecule has 0 radical (unpaired) electrons. The zero-order chi connectivity index (χ0) is 18.0. The van der Waals surface area contributed by atoms with Gasteiger partial charge in [0, 0.05) is 58.4 Å². The molecule has 0 bridgehead atoms. The van der Waals surface area contributed by atoms with Crippen molar-refractivity contribution in [2.24, 2.45) is 18.4 Å². The van der Waals surface area contributed by atoms with E-state index in [4.69, 9.17) is 0 Å². The summed E-state index contributed by atoms with van der Waals surface area (Å²) in [6, 6.07) is 0. The van der Waals surface area contributed by atoms with Crippen LogP contribution in [0.1, 0.15) is 38.7 Å². The quantitative estimate of drug-likeness (QED) is 0.892. The molecule has 0 saturated carbocycles. The zero-order valence-corrected chi connectivity index (χ0v) is 16.2. The second-order valence-electron chi connectivity index (χ2n) is 8.80. The summed E-state index contributed by atoms with van der Waals surface area (Å²) in [7, 11) is 1.93. The molecule has 6 heteroatoms. The maximum absolute atomic E-state index is 13.1. The van der Waals surface area contributed by atoms with Crippen LogP contribution in [0.25, 0.3) is 0 Å². The summed E-state index contributed by atoms with van der Waals surface area (Å²) in [6.07, 6.45) is 5.15. The van der Waals surface area contributed by atoms with Gasteiger partial charge < -0.3 is 10.2 Å². The van der Waals surface area contributed by atoms with E-state index < -0.39 is 0 Å². The van der Waals surface area contributed by atoms with Crippen molar-refractivity contribution in [3.8, 4) is 0 Å². The average Bonchev–Trinajstić information content (AvgIpc) is 3.20. The Bertz CT molecular complexity index is 583. The number of amides is 1. The van der Waals surface area contributed by atoms with Crippen LogP contribution >= 0.6 is 0 Å². The van der Waals surface area contributed by atoms with Gasteiger partial charge in [0.05, 0.1) is 12.1 Å². The summed E-state index contributed by atoms with van der Waals surface area (Å²) in [5.41, 5.74) is 1.55. The molecule has 3 rings (SSSR count). The average molecular weight is 348 g/mol. The minimum atomic E-state index is 0.0466. The second kappa shape index (κ2) is 7.46. The number of aryl methyl sites for hydroxylation is 1. The highest BCUT2D eigenvalue weighted by Gasteiger charge is 2.37. The lowest BCUT2D eigenvalue weighted by Crippen LogP contribution is -2.51. The van der Waals surface area contributed by atoms with Gasteiger partial charge in [0.2, 0.25) is 5.91 Å². The van der Waals surface area contributed by atoms with Crippen molar-refractivity contribution >= 4 is 5.91 Å². The fourth-order valence-corrected chi connectivity index (χ4v) is 3.84. The lowest BCUT2D eigenvalue weighted by atomic mass is 9.89. The van der Waals surface area contributed by atoms with Gasteiger partial charge in [-0.2, -0.15) is 5.10 Å². The number of piperazine rings is 1. The third kappa shape index (κ3) is 4.61. The Morgan fingerprint density at radius 1 is 1.24 bits per heavy atom. The number of hydrogen-bond acceptors (Lipinski definition) is 4. The molecular formula is C19H33N5O. The summed E-state index contributed by atoms with van der Waals surface area (Å²) in [6.45, 7) is 13.4. The van der Waals surface area contributed by atoms with Crippen molar-refractivity contribution in [3.63, 3.8) is 0 Å². The second-order valence-corrected chi connectivity index (χ2v) is 8.80. The number of carbonyl (C=O) groups is 1. The summed E-state index contributed by atoms with van der Waals surface area (Å²) >= 11 is 0. The fourth-order valence-electron chi connectivity index (χ4n) is 3.84. The molecule has 0 aromatic carbocycles. The normalized spacial score (nSPS) is 25.5. The molecule has 25 heavy (non-hydrogen) atoms. The summed E-state index contributed by atoms with van der Waals surface area (Å²) < 4.78 is 1.82. The van der Waals surface area contributed by atoms with E-state index in [1.54, 1.807) is 0 Å². The monoisotopic (exact) mass is 347 g/mol. The van der Waals surface area contributed by atoms with Gasteiger partial charge in [0.25, 0.3) is 0 Å². The van der Waals surface area contributed by atoms with E-state index in [0.29, 0.717) is 11.3 Å². The maximum Gasteiger partial charge on any atom is 0.227 e. The topological polar surface area (TPSA) is 53.4 Å². The van der Waals surface area contributed by atoms with Gasteiger partial charge >= 0.3 is 0 Å². The Hall–Kier alpha value is -1.40. The Kier molecular flexibility index (Phi) is 5.49. The van der Waals surface area contributed by atoms with Crippen molar-refractivity contribution in [2.75, 3.05) is 45.8 Å². The van der Waals surface area contributed by atoms with Crippen LogP contribution in [0.2, 0.25) is 0 Å². The van der Waals surface area contributed by atoms with Gasteiger partial charge in [-0.15, -0.1) is 0 Å². The van der Waals surface area contributed by atoms with E-state index in [9.17, 15) is 4.79 Å². The first-order valence-corrected chi connectivity index (χ1v) is 9.54. The van der Waals surface area contributed by atoms with Crippen molar-refractivity contribution in [1.82, 2.24) is 24.9 Å². The Balaban J connectivity index is 1.53. The standard InChI is InChI=1S/C19H33N5O/c1-19(2,3)5-6-23-7-9-24(10-8-23)18(25)17-13-20-12-16(17)15-11-21-22(4)14-15/h11,14,16-17,20H,5-10,12-13H2,1-4H3/t16-,17+/m1/s1. The lowest BCUT2D eigenvalue weighted by Gasteiger charge is -2.37. The smallest absolute Gasteiger partial charge is 0.227 e. The minimum Gasteiger partial charge on any atom is -0.340 e. The molecule has 6 nitrogen and oxygen atoms in total. The summed E-state index contributed by atoms with van der Waals surface area (Å²) in [5.74, 6) is 0.611. The van der Waals surface area contributed by atoms with Gasteiger partial charge in [-0.25, -0.2) is 0 Å². The Morgan fingerprint density at radius 2 is 1.96 bits per heavy atom. The predicted octanol–water partition coefficient (Wildman–Crippen LogP) is 1.30. The number of rotatable bonds is 4. The molecule has 2 fully saturated rings. The zero-order valence-electron chi connectivity index (χ0n) is 16.2. The van der Waals surface area contributed by atoms with Gasteiger partial charge in [0.1, 0.15) is 0 Å². The molecule has 0 aliphatic carbocycles. The number of carbonyl (C=O) groups excluding carboxylic acids is 1. The van der Waals surface area contributed by atoms with E-state index >= 15 is 0 Å². The van der Waals surface area contributed by atoms with E-state index in [0.717, 1.165) is 45.8 Å². The third-order valence-corrected chi connectivity index (χ3v) is 5.55. The molecule has 1 aromatic heterocycles. The molecule has 2 saturated heterocycles. The SMILES string of the molecule is Cn1cc([C@H]2CNC[C@@H]2C(=O)N2CCN(CCC(C)(C)C)CC2)cn1. The molecule has 2 aliphatic rings. The highest BCUT2D eigenvalue weighted by Crippen LogP contribution is 2.29. The molecule has 0 spiro atoms. The van der Waals surface area contributed by atoms with Gasteiger partial charge in [-0.1, -0.05) is 20.8 Å². The summed E-state index contributed by atoms with van der Waals surface area (Å²) in [4.78, 5) is 17.6. The van der Waals surface area contributed by atoms with E-state index in [2.05, 4.69) is 41.0 Å². The number of hydrogen-bond donors (Lipinski definition) is 1. The van der Waals surface area contributed by atoms with Crippen molar-refractivity contribution in [3.05, 3.63) is 18.0 Å². The minimum absolute atomic E-state index is 0.0466. The van der Waals surface area contributed by atoms with Crippen molar-refractivity contribution in [2.45, 2.75) is 33.1 Å². The maximum atomic E-state index is 13.1. The predicted molar refractivity (Wildman–Crippen MR) is 99.4 cm³/mol. The first-order chi connectivity index (χ1) is 11.8. The molecule has 1 N–H and O–H groups in total. The van der Waals surface area contributed by atoms with Crippen LogP contribution in [0.15, 0.2) is 12.4 Å². The Labute approximate surface area is 151 Å². The third-order valence-electron chi connectivity index (χ3n) is 5.55. The molecule has 3 heterocycles. The van der Waals surface area contributed by atoms with Crippen molar-refractivity contribution < 1.29 is 4.79 Å². The first-order valence-electron chi connectivity index (χ1n) is 9.54. The highest BCUT2D eigenvalue weighted by atomic mass is 16.2. The van der Waals surface area contributed by atoms with E-state index in [-0.39, 0.29) is 11.8 Å². The van der Waals surface area contributed by atoms with Gasteiger partial charge in [-0.05, 0) is 23.9 Å². The van der Waals surface area contributed by atoms with Crippen LogP contribution in [0.3, 0.4) is 0 Å². The Morgan fingerprint density at radius 3 is 2.56 bits per heavy atom. The molecular weight excluding hydrogens is 314 g/mol. The number of nitrogens with one attached hydrogen (secondary N) is 1. The van der Waals surface area contributed by atoms with Crippen LogP contribution < -0.4 is 5.32 Å². The molecule has 2 atom stereocenters. The largest absolute Gasteiger partial charge is 0.340 e. The molecule has 140 valence electrons. The first kappa shape index (κ1) is 18.4. The van der Waals surface area contributed by atoms with Crippen molar-refractivity contribution in [1.29, 1.82) is 0 Å².